The van der Waals surface area contributed by atoms with Gasteiger partial charge in [0.25, 0.3) is 0 Å². The number of sulfonamides is 1. The molecule has 150 valence electrons. The van der Waals surface area contributed by atoms with Gasteiger partial charge in [-0.25, -0.2) is 17.9 Å². The standard InChI is InChI=1S/C19H23N3O5S/c1-20-28(24,25)13-15-4-2-14(3-5-15)11-21-19(23)22-12-16-6-7-17-18(10-16)27-9-8-26-17/h2-7,10,20H,8-9,11-13H2,1H3,(H2,21,22,23). The van der Waals surface area contributed by atoms with Crippen molar-refractivity contribution in [2.75, 3.05) is 20.3 Å². The average Bonchev–Trinajstić information content (AvgIpc) is 2.71. The van der Waals surface area contributed by atoms with Gasteiger partial charge in [0.1, 0.15) is 13.2 Å². The van der Waals surface area contributed by atoms with Crippen LogP contribution in [0.4, 0.5) is 4.79 Å². The van der Waals surface area contributed by atoms with Crippen LogP contribution in [0.3, 0.4) is 0 Å². The lowest BCUT2D eigenvalue weighted by Gasteiger charge is -2.19. The highest BCUT2D eigenvalue weighted by molar-refractivity contribution is 7.88. The molecule has 0 aliphatic carbocycles. The number of hydrogen-bond donors (Lipinski definition) is 3. The average molecular weight is 405 g/mol. The largest absolute Gasteiger partial charge is 0.486 e. The van der Waals surface area contributed by atoms with E-state index >= 15 is 0 Å². The Morgan fingerprint density at radius 1 is 0.893 bits per heavy atom. The van der Waals surface area contributed by atoms with E-state index in [2.05, 4.69) is 15.4 Å². The van der Waals surface area contributed by atoms with E-state index in [1.54, 1.807) is 24.3 Å². The molecule has 0 saturated carbocycles. The SMILES string of the molecule is CNS(=O)(=O)Cc1ccc(CNC(=O)NCc2ccc3c(c2)OCCO3)cc1. The number of carbonyl (C=O) groups excluding carboxylic acids is 1. The second-order valence-corrected chi connectivity index (χ2v) is 8.22. The number of urea groups is 1. The van der Waals surface area contributed by atoms with Gasteiger partial charge < -0.3 is 20.1 Å². The Kier molecular flexibility index (Phi) is 6.37. The highest BCUT2D eigenvalue weighted by Crippen LogP contribution is 2.30. The fraction of sp³-hybridized carbons (Fsp3) is 0.316. The molecule has 0 radical (unpaired) electrons. The van der Waals surface area contributed by atoms with E-state index < -0.39 is 10.0 Å². The molecule has 9 heteroatoms. The zero-order valence-electron chi connectivity index (χ0n) is 15.5. The molecule has 0 saturated heterocycles. The number of ether oxygens (including phenoxy) is 2. The quantitative estimate of drug-likeness (QED) is 0.648. The molecular formula is C19H23N3O5S. The van der Waals surface area contributed by atoms with Crippen molar-refractivity contribution in [3.63, 3.8) is 0 Å². The summed E-state index contributed by atoms with van der Waals surface area (Å²) in [5.74, 6) is 1.32. The van der Waals surface area contributed by atoms with Crippen LogP contribution in [0.25, 0.3) is 0 Å². The summed E-state index contributed by atoms with van der Waals surface area (Å²) in [7, 11) is -1.91. The van der Waals surface area contributed by atoms with Crippen molar-refractivity contribution in [3.05, 3.63) is 59.2 Å². The van der Waals surface area contributed by atoms with Gasteiger partial charge in [-0.1, -0.05) is 30.3 Å². The lowest BCUT2D eigenvalue weighted by atomic mass is 10.1. The molecule has 0 bridgehead atoms. The fourth-order valence-electron chi connectivity index (χ4n) is 2.67. The Bertz CT molecular complexity index is 929. The van der Waals surface area contributed by atoms with E-state index in [9.17, 15) is 13.2 Å². The van der Waals surface area contributed by atoms with E-state index in [0.717, 1.165) is 11.1 Å². The van der Waals surface area contributed by atoms with E-state index in [4.69, 9.17) is 9.47 Å². The Morgan fingerprint density at radius 2 is 1.46 bits per heavy atom. The van der Waals surface area contributed by atoms with Gasteiger partial charge in [0.2, 0.25) is 10.0 Å². The van der Waals surface area contributed by atoms with Gasteiger partial charge in [0, 0.05) is 13.1 Å². The second kappa shape index (κ2) is 8.94. The predicted molar refractivity (Wildman–Crippen MR) is 105 cm³/mol. The number of amides is 2. The summed E-state index contributed by atoms with van der Waals surface area (Å²) < 4.78 is 36.4. The zero-order chi connectivity index (χ0) is 20.0. The number of nitrogens with one attached hydrogen (secondary N) is 3. The minimum atomic E-state index is -3.30. The Balaban J connectivity index is 1.45. The molecule has 0 fully saturated rings. The minimum Gasteiger partial charge on any atom is -0.486 e. The van der Waals surface area contributed by atoms with Gasteiger partial charge in [-0.15, -0.1) is 0 Å². The fourth-order valence-corrected chi connectivity index (χ4v) is 3.45. The Morgan fingerprint density at radius 3 is 2.14 bits per heavy atom. The van der Waals surface area contributed by atoms with Gasteiger partial charge in [0.05, 0.1) is 5.75 Å². The van der Waals surface area contributed by atoms with E-state index in [1.807, 2.05) is 18.2 Å². The maximum absolute atomic E-state index is 12.0. The van der Waals surface area contributed by atoms with Crippen LogP contribution in [-0.2, 0) is 28.9 Å². The van der Waals surface area contributed by atoms with Crippen molar-refractivity contribution in [3.8, 4) is 11.5 Å². The normalized spacial score (nSPS) is 13.0. The van der Waals surface area contributed by atoms with Crippen molar-refractivity contribution < 1.29 is 22.7 Å². The molecule has 28 heavy (non-hydrogen) atoms. The third-order valence-corrected chi connectivity index (χ3v) is 5.54. The first kappa shape index (κ1) is 20.0. The van der Waals surface area contributed by atoms with Gasteiger partial charge in [-0.3, -0.25) is 0 Å². The molecule has 2 amide bonds. The summed E-state index contributed by atoms with van der Waals surface area (Å²) in [6.07, 6.45) is 0. The highest BCUT2D eigenvalue weighted by Gasteiger charge is 2.12. The molecule has 1 aliphatic rings. The van der Waals surface area contributed by atoms with Crippen LogP contribution >= 0.6 is 0 Å². The molecule has 3 rings (SSSR count). The molecule has 2 aromatic carbocycles. The van der Waals surface area contributed by atoms with Gasteiger partial charge in [0.15, 0.2) is 11.5 Å². The molecule has 1 heterocycles. The smallest absolute Gasteiger partial charge is 0.315 e. The zero-order valence-corrected chi connectivity index (χ0v) is 16.3. The van der Waals surface area contributed by atoms with Gasteiger partial charge in [-0.2, -0.15) is 0 Å². The third kappa shape index (κ3) is 5.61. The number of hydrogen-bond acceptors (Lipinski definition) is 5. The van der Waals surface area contributed by atoms with Crippen LogP contribution in [0.2, 0.25) is 0 Å². The van der Waals surface area contributed by atoms with E-state index in [-0.39, 0.29) is 11.8 Å². The minimum absolute atomic E-state index is 0.0762. The van der Waals surface area contributed by atoms with Gasteiger partial charge in [-0.05, 0) is 35.9 Å². The Hall–Kier alpha value is -2.78. The second-order valence-electron chi connectivity index (χ2n) is 6.29. The summed E-state index contributed by atoms with van der Waals surface area (Å²) >= 11 is 0. The molecule has 0 spiro atoms. The molecule has 3 N–H and O–H groups in total. The molecule has 0 aromatic heterocycles. The topological polar surface area (TPSA) is 106 Å². The van der Waals surface area contributed by atoms with Crippen molar-refractivity contribution in [2.24, 2.45) is 0 Å². The van der Waals surface area contributed by atoms with Crippen molar-refractivity contribution in [1.82, 2.24) is 15.4 Å². The van der Waals surface area contributed by atoms with Crippen molar-refractivity contribution >= 4 is 16.1 Å². The van der Waals surface area contributed by atoms with Crippen molar-refractivity contribution in [2.45, 2.75) is 18.8 Å². The molecule has 0 atom stereocenters. The monoisotopic (exact) mass is 405 g/mol. The summed E-state index contributed by atoms with van der Waals surface area (Å²) in [6, 6.07) is 12.3. The highest BCUT2D eigenvalue weighted by atomic mass is 32.2. The number of carbonyl (C=O) groups is 1. The number of fused-ring (bicyclic) bond motifs is 1. The lowest BCUT2D eigenvalue weighted by Crippen LogP contribution is -2.34. The molecule has 1 aliphatic heterocycles. The summed E-state index contributed by atoms with van der Waals surface area (Å²) in [6.45, 7) is 1.76. The van der Waals surface area contributed by atoms with E-state index in [0.29, 0.717) is 43.4 Å². The maximum Gasteiger partial charge on any atom is 0.315 e. The summed E-state index contributed by atoms with van der Waals surface area (Å²) in [4.78, 5) is 12.0. The molecular weight excluding hydrogens is 382 g/mol. The Labute approximate surface area is 164 Å². The third-order valence-electron chi connectivity index (χ3n) is 4.20. The van der Waals surface area contributed by atoms with Crippen LogP contribution in [0.5, 0.6) is 11.5 Å². The molecule has 2 aromatic rings. The first-order valence-corrected chi connectivity index (χ1v) is 10.5. The van der Waals surface area contributed by atoms with Crippen molar-refractivity contribution in [1.29, 1.82) is 0 Å². The number of rotatable bonds is 7. The lowest BCUT2D eigenvalue weighted by molar-refractivity contribution is 0.171. The van der Waals surface area contributed by atoms with Crippen LogP contribution < -0.4 is 24.8 Å². The van der Waals surface area contributed by atoms with Gasteiger partial charge >= 0.3 is 6.03 Å². The predicted octanol–water partition coefficient (Wildman–Crippen LogP) is 1.51. The van der Waals surface area contributed by atoms with Crippen LogP contribution in [0, 0.1) is 0 Å². The van der Waals surface area contributed by atoms with Crippen LogP contribution in [0.15, 0.2) is 42.5 Å². The molecule has 8 nitrogen and oxygen atoms in total. The maximum atomic E-state index is 12.0. The van der Waals surface area contributed by atoms with Crippen LogP contribution in [-0.4, -0.2) is 34.7 Å². The van der Waals surface area contributed by atoms with E-state index in [1.165, 1.54) is 7.05 Å². The summed E-state index contributed by atoms with van der Waals surface area (Å²) in [5.41, 5.74) is 2.47. The first-order chi connectivity index (χ1) is 13.4. The first-order valence-electron chi connectivity index (χ1n) is 8.84. The number of benzene rings is 2. The summed E-state index contributed by atoms with van der Waals surface area (Å²) in [5, 5.41) is 5.57. The van der Waals surface area contributed by atoms with Crippen LogP contribution in [0.1, 0.15) is 16.7 Å². The molecule has 0 unspecified atom stereocenters.